The van der Waals surface area contributed by atoms with Gasteiger partial charge in [-0.05, 0) is 34.4 Å². The van der Waals surface area contributed by atoms with Crippen LogP contribution in [-0.4, -0.2) is 53.7 Å². The van der Waals surface area contributed by atoms with Crippen LogP contribution in [0.1, 0.15) is 23.9 Å². The lowest BCUT2D eigenvalue weighted by Crippen LogP contribution is -2.30. The molecule has 2 aromatic heterocycles. The molecule has 0 aliphatic rings. The quantitative estimate of drug-likeness (QED) is 0.835. The van der Waals surface area contributed by atoms with E-state index in [-0.39, 0.29) is 0 Å². The first-order valence-corrected chi connectivity index (χ1v) is 7.15. The first-order chi connectivity index (χ1) is 9.43. The van der Waals surface area contributed by atoms with Crippen molar-refractivity contribution in [3.63, 3.8) is 0 Å². The van der Waals surface area contributed by atoms with Crippen molar-refractivity contribution in [3.8, 4) is 0 Å². The second kappa shape index (κ2) is 5.79. The summed E-state index contributed by atoms with van der Waals surface area (Å²) in [4.78, 5) is 9.16. The Labute approximate surface area is 121 Å². The van der Waals surface area contributed by atoms with E-state index in [0.717, 1.165) is 42.4 Å². The van der Waals surface area contributed by atoms with Crippen molar-refractivity contribution in [3.05, 3.63) is 23.0 Å². The highest BCUT2D eigenvalue weighted by Crippen LogP contribution is 2.20. The highest BCUT2D eigenvalue weighted by atomic mass is 15.3. The van der Waals surface area contributed by atoms with Crippen LogP contribution in [0.4, 0.5) is 5.82 Å². The average Bonchev–Trinajstić information content (AvgIpc) is 2.71. The Balaban J connectivity index is 2.47. The number of likely N-dealkylation sites (N-methyl/N-ethyl adjacent to an activating group) is 2. The Morgan fingerprint density at radius 2 is 1.85 bits per heavy atom. The first-order valence-electron chi connectivity index (χ1n) is 7.15. The summed E-state index contributed by atoms with van der Waals surface area (Å²) in [5, 5.41) is 4.64. The number of anilines is 1. The van der Waals surface area contributed by atoms with Gasteiger partial charge in [-0.15, -0.1) is 0 Å². The van der Waals surface area contributed by atoms with Gasteiger partial charge in [-0.25, -0.2) is 4.98 Å². The average molecular weight is 275 g/mol. The Bertz CT molecular complexity index is 600. The summed E-state index contributed by atoms with van der Waals surface area (Å²) in [7, 11) is 6.30. The van der Waals surface area contributed by atoms with E-state index in [1.807, 2.05) is 11.4 Å². The van der Waals surface area contributed by atoms with E-state index >= 15 is 0 Å². The van der Waals surface area contributed by atoms with E-state index in [1.165, 1.54) is 5.56 Å². The van der Waals surface area contributed by atoms with E-state index in [0.29, 0.717) is 0 Å². The maximum Gasteiger partial charge on any atom is 0.160 e. The molecular weight excluding hydrogens is 250 g/mol. The second-order valence-electron chi connectivity index (χ2n) is 5.63. The number of hydrogen-bond donors (Lipinski definition) is 0. The van der Waals surface area contributed by atoms with Gasteiger partial charge in [-0.3, -0.25) is 0 Å². The minimum absolute atomic E-state index is 0.939. The molecule has 0 bridgehead atoms. The third-order valence-electron chi connectivity index (χ3n) is 3.73. The smallest absolute Gasteiger partial charge is 0.160 e. The maximum atomic E-state index is 4.72. The number of aryl methyl sites for hydroxylation is 3. The molecule has 2 rings (SSSR count). The Morgan fingerprint density at radius 1 is 1.15 bits per heavy atom. The molecule has 0 spiro atoms. The number of nitrogens with zero attached hydrogens (tertiary/aromatic N) is 5. The largest absolute Gasteiger partial charge is 0.358 e. The third kappa shape index (κ3) is 2.77. The van der Waals surface area contributed by atoms with Gasteiger partial charge in [0.05, 0.1) is 5.69 Å². The summed E-state index contributed by atoms with van der Waals surface area (Å²) in [6.45, 7) is 8.25. The van der Waals surface area contributed by atoms with Crippen molar-refractivity contribution in [2.75, 3.05) is 39.1 Å². The molecule has 110 valence electrons. The molecular formula is C15H25N5. The van der Waals surface area contributed by atoms with Gasteiger partial charge in [-0.2, -0.15) is 9.61 Å². The number of aromatic nitrogens is 3. The van der Waals surface area contributed by atoms with Crippen molar-refractivity contribution in [1.29, 1.82) is 0 Å². The van der Waals surface area contributed by atoms with E-state index in [4.69, 9.17) is 4.98 Å². The van der Waals surface area contributed by atoms with Gasteiger partial charge < -0.3 is 9.80 Å². The Kier molecular flexibility index (Phi) is 4.28. The summed E-state index contributed by atoms with van der Waals surface area (Å²) in [6, 6.07) is 2.15. The van der Waals surface area contributed by atoms with Crippen LogP contribution in [-0.2, 0) is 6.42 Å². The molecule has 0 unspecified atom stereocenters. The maximum absolute atomic E-state index is 4.72. The van der Waals surface area contributed by atoms with E-state index in [2.05, 4.69) is 56.0 Å². The fourth-order valence-electron chi connectivity index (χ4n) is 2.18. The minimum atomic E-state index is 0.939. The van der Waals surface area contributed by atoms with E-state index in [9.17, 15) is 0 Å². The Morgan fingerprint density at radius 3 is 2.45 bits per heavy atom. The molecule has 0 aromatic carbocycles. The first kappa shape index (κ1) is 14.8. The molecule has 0 amide bonds. The second-order valence-corrected chi connectivity index (χ2v) is 5.63. The van der Waals surface area contributed by atoms with Crippen LogP contribution in [0.2, 0.25) is 0 Å². The number of hydrogen-bond acceptors (Lipinski definition) is 4. The lowest BCUT2D eigenvalue weighted by atomic mass is 10.2. The standard InChI is InChI=1S/C15H25N5/c1-7-13-10-14(19(6)9-8-18(4)5)20-15(16-13)11(2)12(3)17-20/h10H,7-9H2,1-6H3. The predicted molar refractivity (Wildman–Crippen MR) is 83.7 cm³/mol. The number of fused-ring (bicyclic) bond motifs is 1. The van der Waals surface area contributed by atoms with Crippen LogP contribution in [0.3, 0.4) is 0 Å². The fourth-order valence-corrected chi connectivity index (χ4v) is 2.18. The van der Waals surface area contributed by atoms with Crippen LogP contribution in [0.5, 0.6) is 0 Å². The SMILES string of the molecule is CCc1cc(N(C)CCN(C)C)n2nc(C)c(C)c2n1. The molecule has 5 nitrogen and oxygen atoms in total. The van der Waals surface area contributed by atoms with Crippen LogP contribution >= 0.6 is 0 Å². The van der Waals surface area contributed by atoms with Gasteiger partial charge in [0.2, 0.25) is 0 Å². The van der Waals surface area contributed by atoms with Crippen molar-refractivity contribution < 1.29 is 0 Å². The molecule has 2 heterocycles. The van der Waals surface area contributed by atoms with Gasteiger partial charge in [0.25, 0.3) is 0 Å². The van der Waals surface area contributed by atoms with Gasteiger partial charge in [0.1, 0.15) is 5.82 Å². The fraction of sp³-hybridized carbons (Fsp3) is 0.600. The summed E-state index contributed by atoms with van der Waals surface area (Å²) in [5.41, 5.74) is 4.32. The molecule has 20 heavy (non-hydrogen) atoms. The van der Waals surface area contributed by atoms with Gasteiger partial charge in [-0.1, -0.05) is 6.92 Å². The minimum Gasteiger partial charge on any atom is -0.358 e. The molecule has 5 heteroatoms. The third-order valence-corrected chi connectivity index (χ3v) is 3.73. The lowest BCUT2D eigenvalue weighted by Gasteiger charge is -2.22. The zero-order valence-corrected chi connectivity index (χ0v) is 13.4. The van der Waals surface area contributed by atoms with Crippen molar-refractivity contribution >= 4 is 11.5 Å². The molecule has 0 aliphatic heterocycles. The molecule has 2 aromatic rings. The molecule has 0 radical (unpaired) electrons. The van der Waals surface area contributed by atoms with Crippen molar-refractivity contribution in [2.45, 2.75) is 27.2 Å². The van der Waals surface area contributed by atoms with Gasteiger partial charge >= 0.3 is 0 Å². The predicted octanol–water partition coefficient (Wildman–Crippen LogP) is 1.91. The summed E-state index contributed by atoms with van der Waals surface area (Å²) < 4.78 is 1.97. The highest BCUT2D eigenvalue weighted by molar-refractivity contribution is 5.56. The van der Waals surface area contributed by atoms with Crippen LogP contribution in [0.15, 0.2) is 6.07 Å². The van der Waals surface area contributed by atoms with Crippen LogP contribution in [0.25, 0.3) is 5.65 Å². The molecule has 0 fully saturated rings. The van der Waals surface area contributed by atoms with Crippen LogP contribution in [0, 0.1) is 13.8 Å². The lowest BCUT2D eigenvalue weighted by molar-refractivity contribution is 0.416. The summed E-state index contributed by atoms with van der Waals surface area (Å²) in [5.74, 6) is 1.12. The van der Waals surface area contributed by atoms with Crippen LogP contribution < -0.4 is 4.90 Å². The van der Waals surface area contributed by atoms with E-state index in [1.54, 1.807) is 0 Å². The monoisotopic (exact) mass is 275 g/mol. The normalized spacial score (nSPS) is 11.6. The molecule has 0 saturated carbocycles. The number of rotatable bonds is 5. The highest BCUT2D eigenvalue weighted by Gasteiger charge is 2.14. The van der Waals surface area contributed by atoms with E-state index < -0.39 is 0 Å². The summed E-state index contributed by atoms with van der Waals surface area (Å²) in [6.07, 6.45) is 0.939. The molecule has 0 atom stereocenters. The zero-order chi connectivity index (χ0) is 14.9. The van der Waals surface area contributed by atoms with Gasteiger partial charge in [0, 0.05) is 37.5 Å². The molecule has 0 saturated heterocycles. The van der Waals surface area contributed by atoms with Crippen molar-refractivity contribution in [2.24, 2.45) is 0 Å². The topological polar surface area (TPSA) is 36.7 Å². The molecule has 0 N–H and O–H groups in total. The van der Waals surface area contributed by atoms with Crippen molar-refractivity contribution in [1.82, 2.24) is 19.5 Å². The van der Waals surface area contributed by atoms with Gasteiger partial charge in [0.15, 0.2) is 5.65 Å². The Hall–Kier alpha value is -1.62. The zero-order valence-electron chi connectivity index (χ0n) is 13.4. The molecule has 0 aliphatic carbocycles. The summed E-state index contributed by atoms with van der Waals surface area (Å²) >= 11 is 0.